The fourth-order valence-corrected chi connectivity index (χ4v) is 3.60. The second kappa shape index (κ2) is 9.89. The molecule has 3 aromatic heterocycles. The number of hydrogen-bond acceptors (Lipinski definition) is 7. The molecule has 5 rings (SSSR count). The molecule has 0 atom stereocenters. The van der Waals surface area contributed by atoms with E-state index in [0.717, 1.165) is 11.1 Å². The van der Waals surface area contributed by atoms with Crippen LogP contribution < -0.4 is 9.47 Å². The van der Waals surface area contributed by atoms with Gasteiger partial charge in [-0.25, -0.2) is 4.99 Å². The van der Waals surface area contributed by atoms with Crippen molar-refractivity contribution in [3.63, 3.8) is 0 Å². The lowest BCUT2D eigenvalue weighted by Gasteiger charge is -2.11. The van der Waals surface area contributed by atoms with E-state index in [-0.39, 0.29) is 11.4 Å². The molecule has 3 heterocycles. The predicted octanol–water partition coefficient (Wildman–Crippen LogP) is 7.01. The maximum absolute atomic E-state index is 9.89. The van der Waals surface area contributed by atoms with Crippen molar-refractivity contribution < 1.29 is 22.7 Å². The van der Waals surface area contributed by atoms with Crippen molar-refractivity contribution in [1.82, 2.24) is 0 Å². The van der Waals surface area contributed by atoms with Crippen molar-refractivity contribution in [2.24, 2.45) is 4.99 Å². The molecule has 7 heteroatoms. The van der Waals surface area contributed by atoms with E-state index in [4.69, 9.17) is 22.7 Å². The van der Waals surface area contributed by atoms with Crippen molar-refractivity contribution in [3.05, 3.63) is 102 Å². The summed E-state index contributed by atoms with van der Waals surface area (Å²) in [7, 11) is 1.58. The topological polar surface area (TPSA) is 94.0 Å². The number of hydrogen-bond donors (Lipinski definition) is 0. The van der Waals surface area contributed by atoms with E-state index in [1.54, 1.807) is 43.7 Å². The lowest BCUT2D eigenvalue weighted by molar-refractivity contribution is 0.284. The van der Waals surface area contributed by atoms with Crippen LogP contribution in [0.3, 0.4) is 0 Å². The van der Waals surface area contributed by atoms with Gasteiger partial charge in [0, 0.05) is 6.21 Å². The van der Waals surface area contributed by atoms with Crippen LogP contribution in [0.4, 0.5) is 5.88 Å². The Morgan fingerprint density at radius 2 is 1.69 bits per heavy atom. The van der Waals surface area contributed by atoms with Gasteiger partial charge < -0.3 is 22.7 Å². The Morgan fingerprint density at radius 1 is 0.914 bits per heavy atom. The number of nitriles is 1. The molecule has 0 unspecified atom stereocenters. The third-order valence-corrected chi connectivity index (χ3v) is 5.27. The predicted molar refractivity (Wildman–Crippen MR) is 130 cm³/mol. The summed E-state index contributed by atoms with van der Waals surface area (Å²) in [5, 5.41) is 9.89. The second-order valence-corrected chi connectivity index (χ2v) is 7.50. The molecule has 0 saturated heterocycles. The van der Waals surface area contributed by atoms with Gasteiger partial charge >= 0.3 is 0 Å². The highest BCUT2D eigenvalue weighted by Gasteiger charge is 2.26. The molecule has 0 saturated carbocycles. The highest BCUT2D eigenvalue weighted by Crippen LogP contribution is 2.42. The van der Waals surface area contributed by atoms with E-state index in [2.05, 4.69) is 11.1 Å². The second-order valence-electron chi connectivity index (χ2n) is 7.50. The van der Waals surface area contributed by atoms with Crippen LogP contribution in [0.15, 0.2) is 104 Å². The van der Waals surface area contributed by atoms with Crippen molar-refractivity contribution in [2.75, 3.05) is 7.11 Å². The fourth-order valence-electron chi connectivity index (χ4n) is 3.60. The minimum Gasteiger partial charge on any atom is -0.493 e. The Labute approximate surface area is 201 Å². The van der Waals surface area contributed by atoms with Gasteiger partial charge in [0.15, 0.2) is 23.0 Å². The summed E-state index contributed by atoms with van der Waals surface area (Å²) in [6.45, 7) is 0.424. The van der Waals surface area contributed by atoms with Gasteiger partial charge in [0.05, 0.1) is 25.2 Å². The summed E-state index contributed by atoms with van der Waals surface area (Å²) in [5.41, 5.74) is 2.54. The maximum Gasteiger partial charge on any atom is 0.238 e. The molecule has 5 aromatic rings. The number of furan rings is 3. The summed E-state index contributed by atoms with van der Waals surface area (Å²) < 4.78 is 28.4. The highest BCUT2D eigenvalue weighted by atomic mass is 16.5. The average molecular weight is 464 g/mol. The molecule has 0 aliphatic rings. The highest BCUT2D eigenvalue weighted by molar-refractivity contribution is 5.87. The van der Waals surface area contributed by atoms with E-state index in [1.165, 1.54) is 12.5 Å². The first-order valence-electron chi connectivity index (χ1n) is 10.8. The molecule has 0 amide bonds. The van der Waals surface area contributed by atoms with Gasteiger partial charge in [0.2, 0.25) is 5.88 Å². The van der Waals surface area contributed by atoms with Crippen LogP contribution in [0.1, 0.15) is 16.7 Å². The molecule has 0 aliphatic carbocycles. The lowest BCUT2D eigenvalue weighted by Crippen LogP contribution is -1.98. The Kier molecular flexibility index (Phi) is 6.18. The first-order chi connectivity index (χ1) is 17.3. The van der Waals surface area contributed by atoms with Crippen molar-refractivity contribution >= 4 is 12.1 Å². The van der Waals surface area contributed by atoms with Crippen molar-refractivity contribution in [1.29, 1.82) is 5.26 Å². The third kappa shape index (κ3) is 4.59. The Bertz CT molecular complexity index is 1470. The molecule has 0 bridgehead atoms. The smallest absolute Gasteiger partial charge is 0.238 e. The Morgan fingerprint density at radius 3 is 2.37 bits per heavy atom. The number of aliphatic imine (C=N–C) groups is 1. The van der Waals surface area contributed by atoms with Crippen molar-refractivity contribution in [2.45, 2.75) is 6.61 Å². The van der Waals surface area contributed by atoms with E-state index >= 15 is 0 Å². The summed E-state index contributed by atoms with van der Waals surface area (Å²) in [5.74, 6) is 2.65. The van der Waals surface area contributed by atoms with Gasteiger partial charge in [-0.3, -0.25) is 0 Å². The van der Waals surface area contributed by atoms with E-state index in [9.17, 15) is 5.26 Å². The van der Waals surface area contributed by atoms with E-state index in [1.807, 2.05) is 42.5 Å². The largest absolute Gasteiger partial charge is 0.493 e. The van der Waals surface area contributed by atoms with Crippen LogP contribution in [0.2, 0.25) is 0 Å². The van der Waals surface area contributed by atoms with Crippen LogP contribution in [-0.4, -0.2) is 13.3 Å². The van der Waals surface area contributed by atoms with E-state index < -0.39 is 0 Å². The molecule has 172 valence electrons. The van der Waals surface area contributed by atoms with Gasteiger partial charge in [0.25, 0.3) is 0 Å². The van der Waals surface area contributed by atoms with Crippen molar-refractivity contribution in [3.8, 4) is 40.4 Å². The summed E-state index contributed by atoms with van der Waals surface area (Å²) in [4.78, 5) is 4.45. The molecule has 0 aliphatic heterocycles. The Hall–Kier alpha value is -4.96. The molecule has 0 fully saturated rings. The zero-order chi connectivity index (χ0) is 24.0. The molecule has 7 nitrogen and oxygen atoms in total. The normalized spacial score (nSPS) is 11.0. The Balaban J connectivity index is 1.44. The van der Waals surface area contributed by atoms with Crippen LogP contribution in [-0.2, 0) is 6.61 Å². The molecule has 0 spiro atoms. The quantitative estimate of drug-likeness (QED) is 0.229. The SMILES string of the molecule is COc1cc(C=Nc2oc(-c3ccco3)c(-c3ccco3)c2C#N)ccc1OCc1ccccc1. The minimum atomic E-state index is 0.147. The monoisotopic (exact) mass is 464 g/mol. The zero-order valence-corrected chi connectivity index (χ0v) is 18.8. The van der Waals surface area contributed by atoms with Crippen LogP contribution in [0.25, 0.3) is 22.8 Å². The number of rotatable bonds is 8. The average Bonchev–Trinajstić information content (AvgIpc) is 3.67. The first-order valence-corrected chi connectivity index (χ1v) is 10.8. The molecular weight excluding hydrogens is 444 g/mol. The maximum atomic E-state index is 9.89. The van der Waals surface area contributed by atoms with Gasteiger partial charge in [-0.2, -0.15) is 5.26 Å². The number of nitrogens with zero attached hydrogens (tertiary/aromatic N) is 2. The fraction of sp³-hybridized carbons (Fsp3) is 0.0714. The molecule has 35 heavy (non-hydrogen) atoms. The summed E-state index contributed by atoms with van der Waals surface area (Å²) in [6.07, 6.45) is 4.67. The van der Waals surface area contributed by atoms with Crippen LogP contribution >= 0.6 is 0 Å². The lowest BCUT2D eigenvalue weighted by atomic mass is 10.1. The zero-order valence-electron chi connectivity index (χ0n) is 18.8. The van der Waals surface area contributed by atoms with Gasteiger partial charge in [-0.1, -0.05) is 30.3 Å². The summed E-state index contributed by atoms with van der Waals surface area (Å²) >= 11 is 0. The minimum absolute atomic E-state index is 0.147. The molecular formula is C28H20N2O5. The molecule has 0 N–H and O–H groups in total. The summed E-state index contributed by atoms with van der Waals surface area (Å²) in [6, 6.07) is 24.5. The van der Waals surface area contributed by atoms with E-state index in [0.29, 0.717) is 41.0 Å². The van der Waals surface area contributed by atoms with Gasteiger partial charge in [-0.15, -0.1) is 0 Å². The molecule has 0 radical (unpaired) electrons. The van der Waals surface area contributed by atoms with Crippen LogP contribution in [0.5, 0.6) is 11.5 Å². The third-order valence-electron chi connectivity index (χ3n) is 5.27. The molecule has 2 aromatic carbocycles. The van der Waals surface area contributed by atoms with Gasteiger partial charge in [0.1, 0.15) is 24.0 Å². The number of benzene rings is 2. The number of ether oxygens (including phenoxy) is 2. The van der Waals surface area contributed by atoms with Crippen LogP contribution in [0, 0.1) is 11.3 Å². The van der Waals surface area contributed by atoms with Gasteiger partial charge in [-0.05, 0) is 53.6 Å². The number of methoxy groups -OCH3 is 1. The first kappa shape index (κ1) is 21.9. The standard InChI is InChI=1S/C28H20N2O5/c1-31-25-15-20(11-12-22(25)34-18-19-7-3-2-4-8-19)17-30-28-21(16-29)26(23-9-5-13-32-23)27(35-28)24-10-6-14-33-24/h2-15,17H,18H2,1H3.